The van der Waals surface area contributed by atoms with Crippen LogP contribution < -0.4 is 15.4 Å². The van der Waals surface area contributed by atoms with Gasteiger partial charge in [-0.1, -0.05) is 19.0 Å². The second-order valence-corrected chi connectivity index (χ2v) is 4.94. The fourth-order valence-corrected chi connectivity index (χ4v) is 1.91. The van der Waals surface area contributed by atoms with Crippen LogP contribution in [0.3, 0.4) is 0 Å². The Hall–Kier alpha value is -1.98. The molecule has 20 heavy (non-hydrogen) atoms. The molecule has 0 amide bonds. The number of hydrogen-bond donors (Lipinski definition) is 2. The number of nitrogens with two attached hydrogens (primary N) is 1. The molecule has 0 aliphatic heterocycles. The number of ether oxygens (including phenoxy) is 1. The van der Waals surface area contributed by atoms with Crippen molar-refractivity contribution >= 4 is 11.7 Å². The third-order valence-corrected chi connectivity index (χ3v) is 2.70. The molecule has 0 spiro atoms. The molecule has 0 aromatic carbocycles. The van der Waals surface area contributed by atoms with Gasteiger partial charge in [-0.3, -0.25) is 0 Å². The van der Waals surface area contributed by atoms with Crippen LogP contribution in [0.1, 0.15) is 27.2 Å². The average Bonchev–Trinajstić information content (AvgIpc) is 2.43. The summed E-state index contributed by atoms with van der Waals surface area (Å²) >= 11 is 0. The van der Waals surface area contributed by atoms with Crippen molar-refractivity contribution in [2.75, 3.05) is 24.6 Å². The molecule has 6 nitrogen and oxygen atoms in total. The van der Waals surface area contributed by atoms with E-state index in [-0.39, 0.29) is 5.84 Å². The van der Waals surface area contributed by atoms with Gasteiger partial charge in [-0.15, -0.1) is 0 Å². The molecule has 0 atom stereocenters. The van der Waals surface area contributed by atoms with Gasteiger partial charge in [0.2, 0.25) is 0 Å². The predicted octanol–water partition coefficient (Wildman–Crippen LogP) is 2.08. The van der Waals surface area contributed by atoms with Gasteiger partial charge in [0.25, 0.3) is 0 Å². The van der Waals surface area contributed by atoms with Gasteiger partial charge in [0.05, 0.1) is 6.61 Å². The van der Waals surface area contributed by atoms with Crippen LogP contribution in [0.25, 0.3) is 0 Å². The summed E-state index contributed by atoms with van der Waals surface area (Å²) in [6.45, 7) is 8.27. The molecule has 0 aliphatic carbocycles. The van der Waals surface area contributed by atoms with Gasteiger partial charge in [0, 0.05) is 25.7 Å². The highest BCUT2D eigenvalue weighted by Crippen LogP contribution is 2.26. The number of amidine groups is 1. The number of hydrogen-bond acceptors (Lipinski definition) is 5. The smallest absolute Gasteiger partial charge is 0.171 e. The van der Waals surface area contributed by atoms with Crippen molar-refractivity contribution in [1.29, 1.82) is 0 Å². The lowest BCUT2D eigenvalue weighted by molar-refractivity contribution is 0.317. The Labute approximate surface area is 120 Å². The fraction of sp³-hybridized carbons (Fsp3) is 0.571. The van der Waals surface area contributed by atoms with Crippen LogP contribution in [-0.2, 0) is 0 Å². The Morgan fingerprint density at radius 3 is 2.90 bits per heavy atom. The van der Waals surface area contributed by atoms with Gasteiger partial charge in [-0.2, -0.15) is 0 Å². The molecule has 1 heterocycles. The van der Waals surface area contributed by atoms with Gasteiger partial charge in [0.15, 0.2) is 11.6 Å². The van der Waals surface area contributed by atoms with E-state index in [1.807, 2.05) is 19.1 Å². The molecular formula is C14H24N4O2. The summed E-state index contributed by atoms with van der Waals surface area (Å²) in [6, 6.07) is 3.76. The van der Waals surface area contributed by atoms with Crippen LogP contribution in [0.15, 0.2) is 23.5 Å². The molecule has 0 fully saturated rings. The minimum atomic E-state index is 0.215. The quantitative estimate of drug-likeness (QED) is 0.330. The lowest BCUT2D eigenvalue weighted by atomic mass is 10.2. The van der Waals surface area contributed by atoms with E-state index in [4.69, 9.17) is 15.7 Å². The SMILES string of the molecule is CCOc1cccnc1N(CC/C(N)=N/O)CC(C)C. The summed E-state index contributed by atoms with van der Waals surface area (Å²) in [5.41, 5.74) is 5.55. The first kappa shape index (κ1) is 16.1. The highest BCUT2D eigenvalue weighted by atomic mass is 16.5. The first-order chi connectivity index (χ1) is 9.58. The monoisotopic (exact) mass is 280 g/mol. The Kier molecular flexibility index (Phi) is 6.63. The maximum Gasteiger partial charge on any atom is 0.171 e. The van der Waals surface area contributed by atoms with E-state index in [2.05, 4.69) is 28.9 Å². The van der Waals surface area contributed by atoms with Crippen LogP contribution in [0, 0.1) is 5.92 Å². The van der Waals surface area contributed by atoms with E-state index in [1.54, 1.807) is 6.20 Å². The topological polar surface area (TPSA) is 84.0 Å². The molecule has 3 N–H and O–H groups in total. The minimum Gasteiger partial charge on any atom is -0.490 e. The number of nitrogens with zero attached hydrogens (tertiary/aromatic N) is 3. The molecule has 6 heteroatoms. The first-order valence-corrected chi connectivity index (χ1v) is 6.87. The zero-order valence-electron chi connectivity index (χ0n) is 12.4. The summed E-state index contributed by atoms with van der Waals surface area (Å²) in [5.74, 6) is 2.25. The number of aromatic nitrogens is 1. The summed E-state index contributed by atoms with van der Waals surface area (Å²) in [5, 5.41) is 11.7. The maximum absolute atomic E-state index is 8.64. The van der Waals surface area contributed by atoms with Gasteiger partial charge in [-0.25, -0.2) is 4.98 Å². The summed E-state index contributed by atoms with van der Waals surface area (Å²) < 4.78 is 5.62. The fourth-order valence-electron chi connectivity index (χ4n) is 1.91. The maximum atomic E-state index is 8.64. The lowest BCUT2D eigenvalue weighted by Crippen LogP contribution is -2.32. The Morgan fingerprint density at radius 1 is 1.55 bits per heavy atom. The van der Waals surface area contributed by atoms with Crippen molar-refractivity contribution in [3.63, 3.8) is 0 Å². The van der Waals surface area contributed by atoms with Crippen molar-refractivity contribution in [3.8, 4) is 5.75 Å². The van der Waals surface area contributed by atoms with E-state index in [9.17, 15) is 0 Å². The van der Waals surface area contributed by atoms with E-state index in [0.717, 1.165) is 18.1 Å². The third-order valence-electron chi connectivity index (χ3n) is 2.70. The Bertz CT molecular complexity index is 435. The molecule has 112 valence electrons. The van der Waals surface area contributed by atoms with Crippen LogP contribution >= 0.6 is 0 Å². The highest BCUT2D eigenvalue weighted by Gasteiger charge is 2.15. The normalized spacial score (nSPS) is 11.7. The van der Waals surface area contributed by atoms with Crippen LogP contribution in [0.2, 0.25) is 0 Å². The van der Waals surface area contributed by atoms with E-state index in [1.165, 1.54) is 0 Å². The van der Waals surface area contributed by atoms with Gasteiger partial charge < -0.3 is 20.6 Å². The molecule has 0 saturated heterocycles. The molecule has 1 aromatic rings. The minimum absolute atomic E-state index is 0.215. The van der Waals surface area contributed by atoms with Crippen molar-refractivity contribution in [2.45, 2.75) is 27.2 Å². The van der Waals surface area contributed by atoms with Crippen molar-refractivity contribution in [1.82, 2.24) is 4.98 Å². The molecule has 0 unspecified atom stereocenters. The van der Waals surface area contributed by atoms with E-state index < -0.39 is 0 Å². The third kappa shape index (κ3) is 4.95. The molecule has 1 rings (SSSR count). The van der Waals surface area contributed by atoms with Gasteiger partial charge in [-0.05, 0) is 25.0 Å². The summed E-state index contributed by atoms with van der Waals surface area (Å²) in [4.78, 5) is 6.52. The Balaban J connectivity index is 2.91. The largest absolute Gasteiger partial charge is 0.490 e. The first-order valence-electron chi connectivity index (χ1n) is 6.87. The zero-order chi connectivity index (χ0) is 15.0. The molecule has 0 aliphatic rings. The second-order valence-electron chi connectivity index (χ2n) is 4.94. The van der Waals surface area contributed by atoms with E-state index in [0.29, 0.717) is 25.5 Å². The molecule has 1 aromatic heterocycles. The number of anilines is 1. The van der Waals surface area contributed by atoms with Crippen molar-refractivity contribution < 1.29 is 9.94 Å². The van der Waals surface area contributed by atoms with Crippen LogP contribution in [0.5, 0.6) is 5.75 Å². The van der Waals surface area contributed by atoms with Crippen LogP contribution in [0.4, 0.5) is 5.82 Å². The van der Waals surface area contributed by atoms with Crippen LogP contribution in [-0.4, -0.2) is 35.7 Å². The summed E-state index contributed by atoms with van der Waals surface area (Å²) in [7, 11) is 0. The molecular weight excluding hydrogens is 256 g/mol. The molecule has 0 radical (unpaired) electrons. The number of pyridine rings is 1. The number of oxime groups is 1. The number of rotatable bonds is 8. The molecule has 0 bridgehead atoms. The van der Waals surface area contributed by atoms with E-state index >= 15 is 0 Å². The highest BCUT2D eigenvalue weighted by molar-refractivity contribution is 5.80. The van der Waals surface area contributed by atoms with Gasteiger partial charge >= 0.3 is 0 Å². The van der Waals surface area contributed by atoms with Crippen molar-refractivity contribution in [3.05, 3.63) is 18.3 Å². The lowest BCUT2D eigenvalue weighted by Gasteiger charge is -2.27. The average molecular weight is 280 g/mol. The predicted molar refractivity (Wildman–Crippen MR) is 80.5 cm³/mol. The standard InChI is InChI=1S/C14H24N4O2/c1-4-20-12-6-5-8-16-14(12)18(10-11(2)3)9-7-13(15)17-19/h5-6,8,11,19H,4,7,9-10H2,1-3H3,(H2,15,17). The zero-order valence-corrected chi connectivity index (χ0v) is 12.4. The Morgan fingerprint density at radius 2 is 2.30 bits per heavy atom. The molecule has 0 saturated carbocycles. The summed E-state index contributed by atoms with van der Waals surface area (Å²) in [6.07, 6.45) is 2.22. The van der Waals surface area contributed by atoms with Gasteiger partial charge in [0.1, 0.15) is 5.84 Å². The van der Waals surface area contributed by atoms with Crippen molar-refractivity contribution in [2.24, 2.45) is 16.8 Å². The second kappa shape index (κ2) is 8.24.